The molecular formula is C14H22ClN. The monoisotopic (exact) mass is 239 g/mol. The third-order valence-corrected chi connectivity index (χ3v) is 3.52. The van der Waals surface area contributed by atoms with E-state index < -0.39 is 0 Å². The predicted molar refractivity (Wildman–Crippen MR) is 72.0 cm³/mol. The van der Waals surface area contributed by atoms with E-state index in [2.05, 4.69) is 26.0 Å². The molecule has 0 saturated heterocycles. The molecule has 2 heteroatoms. The van der Waals surface area contributed by atoms with E-state index in [9.17, 15) is 0 Å². The van der Waals surface area contributed by atoms with Crippen LogP contribution in [-0.4, -0.2) is 6.54 Å². The Morgan fingerprint density at radius 3 is 2.25 bits per heavy atom. The lowest BCUT2D eigenvalue weighted by atomic mass is 9.73. The first-order valence-corrected chi connectivity index (χ1v) is 6.52. The molecule has 0 unspecified atom stereocenters. The van der Waals surface area contributed by atoms with Crippen molar-refractivity contribution in [1.82, 2.24) is 0 Å². The number of rotatable bonds is 6. The molecule has 1 rings (SSSR count). The second-order valence-electron chi connectivity index (χ2n) is 4.49. The van der Waals surface area contributed by atoms with Crippen LogP contribution in [0.3, 0.4) is 0 Å². The van der Waals surface area contributed by atoms with Gasteiger partial charge in [-0.2, -0.15) is 0 Å². The van der Waals surface area contributed by atoms with Gasteiger partial charge in [0.1, 0.15) is 0 Å². The highest BCUT2D eigenvalue weighted by Gasteiger charge is 2.28. The van der Waals surface area contributed by atoms with Crippen molar-refractivity contribution in [2.75, 3.05) is 6.54 Å². The largest absolute Gasteiger partial charge is 0.330 e. The summed E-state index contributed by atoms with van der Waals surface area (Å²) in [7, 11) is 0. The lowest BCUT2D eigenvalue weighted by molar-refractivity contribution is 0.365. The lowest BCUT2D eigenvalue weighted by Gasteiger charge is -2.33. The van der Waals surface area contributed by atoms with Crippen LogP contribution in [0.4, 0.5) is 0 Å². The third kappa shape index (κ3) is 2.99. The summed E-state index contributed by atoms with van der Waals surface area (Å²) in [6.07, 6.45) is 4.59. The smallest absolute Gasteiger partial charge is 0.0408 e. The second-order valence-corrected chi connectivity index (χ2v) is 4.93. The minimum absolute atomic E-state index is 0.119. The molecule has 16 heavy (non-hydrogen) atoms. The molecule has 1 aromatic rings. The van der Waals surface area contributed by atoms with Gasteiger partial charge in [0.2, 0.25) is 0 Å². The van der Waals surface area contributed by atoms with Crippen molar-refractivity contribution >= 4 is 11.6 Å². The molecule has 0 atom stereocenters. The van der Waals surface area contributed by atoms with E-state index in [-0.39, 0.29) is 5.41 Å². The number of benzene rings is 1. The highest BCUT2D eigenvalue weighted by Crippen LogP contribution is 2.34. The SMILES string of the molecule is CCCC(CN)(CCC)c1cccc(Cl)c1. The van der Waals surface area contributed by atoms with Crippen LogP contribution in [0, 0.1) is 0 Å². The average molecular weight is 240 g/mol. The molecule has 0 saturated carbocycles. The van der Waals surface area contributed by atoms with Gasteiger partial charge in [-0.15, -0.1) is 0 Å². The van der Waals surface area contributed by atoms with E-state index in [0.717, 1.165) is 30.7 Å². The summed E-state index contributed by atoms with van der Waals surface area (Å²) in [5.74, 6) is 0. The first-order chi connectivity index (χ1) is 7.68. The molecule has 90 valence electrons. The Morgan fingerprint density at radius 2 is 1.81 bits per heavy atom. The Bertz CT molecular complexity index is 316. The molecule has 0 bridgehead atoms. The molecule has 0 aromatic heterocycles. The molecule has 2 N–H and O–H groups in total. The highest BCUT2D eigenvalue weighted by molar-refractivity contribution is 6.30. The van der Waals surface area contributed by atoms with Crippen molar-refractivity contribution < 1.29 is 0 Å². The van der Waals surface area contributed by atoms with Gasteiger partial charge in [0, 0.05) is 17.0 Å². The maximum atomic E-state index is 6.07. The van der Waals surface area contributed by atoms with Gasteiger partial charge in [0.15, 0.2) is 0 Å². The normalized spacial score (nSPS) is 11.8. The molecule has 1 nitrogen and oxygen atoms in total. The fourth-order valence-corrected chi connectivity index (χ4v) is 2.70. The summed E-state index contributed by atoms with van der Waals surface area (Å²) in [5.41, 5.74) is 7.44. The summed E-state index contributed by atoms with van der Waals surface area (Å²) in [4.78, 5) is 0. The fourth-order valence-electron chi connectivity index (χ4n) is 2.51. The fraction of sp³-hybridized carbons (Fsp3) is 0.571. The molecule has 0 heterocycles. The van der Waals surface area contributed by atoms with Crippen LogP contribution in [0.25, 0.3) is 0 Å². The zero-order chi connectivity index (χ0) is 12.0. The van der Waals surface area contributed by atoms with Crippen molar-refractivity contribution in [3.8, 4) is 0 Å². The summed E-state index contributed by atoms with van der Waals surface area (Å²) in [6, 6.07) is 8.17. The number of hydrogen-bond donors (Lipinski definition) is 1. The van der Waals surface area contributed by atoms with Crippen LogP contribution in [0.5, 0.6) is 0 Å². The van der Waals surface area contributed by atoms with Gasteiger partial charge >= 0.3 is 0 Å². The maximum absolute atomic E-state index is 6.07. The Kier molecular flexibility index (Phi) is 5.30. The van der Waals surface area contributed by atoms with Gasteiger partial charge in [0.05, 0.1) is 0 Å². The highest BCUT2D eigenvalue weighted by atomic mass is 35.5. The Balaban J connectivity index is 3.07. The van der Waals surface area contributed by atoms with Crippen molar-refractivity contribution in [2.45, 2.75) is 44.9 Å². The molecule has 0 aliphatic heterocycles. The van der Waals surface area contributed by atoms with E-state index >= 15 is 0 Å². The van der Waals surface area contributed by atoms with Crippen LogP contribution >= 0.6 is 11.6 Å². The first kappa shape index (κ1) is 13.5. The van der Waals surface area contributed by atoms with E-state index in [1.54, 1.807) is 0 Å². The molecule has 1 aromatic carbocycles. The van der Waals surface area contributed by atoms with Crippen LogP contribution in [-0.2, 0) is 5.41 Å². The average Bonchev–Trinajstić information content (AvgIpc) is 2.28. The Labute approximate surface area is 104 Å². The number of hydrogen-bond acceptors (Lipinski definition) is 1. The van der Waals surface area contributed by atoms with Crippen molar-refractivity contribution in [2.24, 2.45) is 5.73 Å². The maximum Gasteiger partial charge on any atom is 0.0408 e. The minimum atomic E-state index is 0.119. The zero-order valence-electron chi connectivity index (χ0n) is 10.3. The molecule has 0 aliphatic rings. The molecule has 0 spiro atoms. The standard InChI is InChI=1S/C14H22ClN/c1-3-8-14(11-16,9-4-2)12-6-5-7-13(15)10-12/h5-7,10H,3-4,8-9,11,16H2,1-2H3. The van der Waals surface area contributed by atoms with Crippen LogP contribution in [0.2, 0.25) is 5.02 Å². The van der Waals surface area contributed by atoms with Crippen LogP contribution in [0.15, 0.2) is 24.3 Å². The topological polar surface area (TPSA) is 26.0 Å². The molecular weight excluding hydrogens is 218 g/mol. The Morgan fingerprint density at radius 1 is 1.19 bits per heavy atom. The number of halogens is 1. The Hall–Kier alpha value is -0.530. The summed E-state index contributed by atoms with van der Waals surface area (Å²) in [6.45, 7) is 5.13. The number of nitrogens with two attached hydrogens (primary N) is 1. The van der Waals surface area contributed by atoms with Crippen molar-refractivity contribution in [1.29, 1.82) is 0 Å². The zero-order valence-corrected chi connectivity index (χ0v) is 11.1. The van der Waals surface area contributed by atoms with E-state index in [4.69, 9.17) is 17.3 Å². The summed E-state index contributed by atoms with van der Waals surface area (Å²) in [5, 5.41) is 0.808. The van der Waals surface area contributed by atoms with Gasteiger partial charge < -0.3 is 5.73 Å². The third-order valence-electron chi connectivity index (χ3n) is 3.28. The van der Waals surface area contributed by atoms with E-state index in [1.807, 2.05) is 12.1 Å². The summed E-state index contributed by atoms with van der Waals surface area (Å²) < 4.78 is 0. The van der Waals surface area contributed by atoms with E-state index in [0.29, 0.717) is 6.54 Å². The molecule has 0 aliphatic carbocycles. The summed E-state index contributed by atoms with van der Waals surface area (Å²) >= 11 is 6.07. The quantitative estimate of drug-likeness (QED) is 0.794. The lowest BCUT2D eigenvalue weighted by Crippen LogP contribution is -2.35. The molecule has 0 fully saturated rings. The van der Waals surface area contributed by atoms with E-state index in [1.165, 1.54) is 5.56 Å². The van der Waals surface area contributed by atoms with Gasteiger partial charge in [-0.1, -0.05) is 50.4 Å². The van der Waals surface area contributed by atoms with Crippen LogP contribution < -0.4 is 5.73 Å². The van der Waals surface area contributed by atoms with Crippen molar-refractivity contribution in [3.63, 3.8) is 0 Å². The van der Waals surface area contributed by atoms with Crippen molar-refractivity contribution in [3.05, 3.63) is 34.9 Å². The first-order valence-electron chi connectivity index (χ1n) is 6.14. The van der Waals surface area contributed by atoms with Gasteiger partial charge in [-0.3, -0.25) is 0 Å². The molecule has 0 radical (unpaired) electrons. The second kappa shape index (κ2) is 6.27. The van der Waals surface area contributed by atoms with Gasteiger partial charge in [-0.05, 0) is 30.5 Å². The van der Waals surface area contributed by atoms with Gasteiger partial charge in [0.25, 0.3) is 0 Å². The minimum Gasteiger partial charge on any atom is -0.330 e. The van der Waals surface area contributed by atoms with Crippen LogP contribution in [0.1, 0.15) is 45.1 Å². The van der Waals surface area contributed by atoms with Gasteiger partial charge in [-0.25, -0.2) is 0 Å². The molecule has 0 amide bonds. The predicted octanol–water partition coefficient (Wildman–Crippen LogP) is 4.14.